The monoisotopic (exact) mass is 367 g/mol. The first-order valence-corrected chi connectivity index (χ1v) is 8.34. The van der Waals surface area contributed by atoms with Crippen LogP contribution in [0.3, 0.4) is 0 Å². The second-order valence-corrected chi connectivity index (χ2v) is 6.03. The van der Waals surface area contributed by atoms with Gasteiger partial charge >= 0.3 is 5.97 Å². The van der Waals surface area contributed by atoms with Crippen LogP contribution in [-0.4, -0.2) is 44.6 Å². The van der Waals surface area contributed by atoms with Gasteiger partial charge in [0.1, 0.15) is 5.01 Å². The summed E-state index contributed by atoms with van der Waals surface area (Å²) in [5.74, 6) is 1.47. The average molecular weight is 367 g/mol. The van der Waals surface area contributed by atoms with Crippen molar-refractivity contribution in [3.05, 3.63) is 22.7 Å². The summed E-state index contributed by atoms with van der Waals surface area (Å²) in [6, 6.07) is 3.74. The third-order valence-electron chi connectivity index (χ3n) is 3.41. The number of ether oxygens (including phenoxy) is 4. The van der Waals surface area contributed by atoms with Crippen molar-refractivity contribution in [1.29, 1.82) is 0 Å². The number of hydrogen-bond acceptors (Lipinski definition) is 9. The molecule has 0 atom stereocenters. The minimum Gasteiger partial charge on any atom is -0.493 e. The molecule has 1 heterocycles. The molecule has 2 aromatic rings. The van der Waals surface area contributed by atoms with E-state index >= 15 is 0 Å². The summed E-state index contributed by atoms with van der Waals surface area (Å²) in [4.78, 5) is 11.2. The molecule has 0 aliphatic rings. The second kappa shape index (κ2) is 9.07. The molecular formula is C16H21N3O5S. The largest absolute Gasteiger partial charge is 0.493 e. The van der Waals surface area contributed by atoms with E-state index in [0.717, 1.165) is 10.6 Å². The maximum absolute atomic E-state index is 11.2. The number of methoxy groups -OCH3 is 4. The molecule has 0 amide bonds. The van der Waals surface area contributed by atoms with Crippen molar-refractivity contribution in [3.63, 3.8) is 0 Å². The van der Waals surface area contributed by atoms with Crippen LogP contribution < -0.4 is 19.5 Å². The Labute approximate surface area is 150 Å². The molecule has 0 fully saturated rings. The molecule has 0 aliphatic carbocycles. The third kappa shape index (κ3) is 4.96. The Kier molecular flexibility index (Phi) is 6.81. The Morgan fingerprint density at radius 1 is 1.08 bits per heavy atom. The molecule has 0 saturated carbocycles. The van der Waals surface area contributed by atoms with Crippen molar-refractivity contribution in [2.45, 2.75) is 19.4 Å². The van der Waals surface area contributed by atoms with E-state index in [1.54, 1.807) is 21.3 Å². The van der Waals surface area contributed by atoms with Gasteiger partial charge in [0, 0.05) is 13.0 Å². The summed E-state index contributed by atoms with van der Waals surface area (Å²) in [7, 11) is 6.09. The van der Waals surface area contributed by atoms with Crippen LogP contribution in [0, 0.1) is 0 Å². The lowest BCUT2D eigenvalue weighted by Gasteiger charge is -2.14. The first kappa shape index (κ1) is 18.8. The lowest BCUT2D eigenvalue weighted by atomic mass is 10.2. The van der Waals surface area contributed by atoms with Crippen LogP contribution in [0.1, 0.15) is 17.0 Å². The SMILES string of the molecule is COC(=O)CCc1nnc(NCc2cc(OC)c(OC)c(OC)c2)s1. The number of esters is 1. The van der Waals surface area contributed by atoms with Crippen molar-refractivity contribution >= 4 is 22.4 Å². The number of nitrogens with one attached hydrogen (secondary N) is 1. The van der Waals surface area contributed by atoms with Crippen LogP contribution >= 0.6 is 11.3 Å². The predicted octanol–water partition coefficient (Wildman–Crippen LogP) is 2.28. The zero-order valence-corrected chi connectivity index (χ0v) is 15.4. The number of aryl methyl sites for hydroxylation is 1. The average Bonchev–Trinajstić information content (AvgIpc) is 3.11. The lowest BCUT2D eigenvalue weighted by molar-refractivity contribution is -0.140. The topological polar surface area (TPSA) is 91.8 Å². The van der Waals surface area contributed by atoms with Gasteiger partial charge in [-0.2, -0.15) is 0 Å². The summed E-state index contributed by atoms with van der Waals surface area (Å²) in [5.41, 5.74) is 0.945. The number of benzene rings is 1. The number of carbonyl (C=O) groups is 1. The Bertz CT molecular complexity index is 695. The molecule has 8 nitrogen and oxygen atoms in total. The molecule has 136 valence electrons. The summed E-state index contributed by atoms with van der Waals surface area (Å²) >= 11 is 1.40. The first-order valence-electron chi connectivity index (χ1n) is 7.53. The Balaban J connectivity index is 2.01. The molecule has 0 saturated heterocycles. The molecule has 9 heteroatoms. The van der Waals surface area contributed by atoms with Crippen molar-refractivity contribution < 1.29 is 23.7 Å². The molecule has 0 radical (unpaired) electrons. The number of aromatic nitrogens is 2. The van der Waals surface area contributed by atoms with Gasteiger partial charge in [0.15, 0.2) is 11.5 Å². The second-order valence-electron chi connectivity index (χ2n) is 4.96. The number of anilines is 1. The van der Waals surface area contributed by atoms with Gasteiger partial charge < -0.3 is 24.3 Å². The van der Waals surface area contributed by atoms with Gasteiger partial charge in [0.25, 0.3) is 0 Å². The zero-order valence-electron chi connectivity index (χ0n) is 14.6. The van der Waals surface area contributed by atoms with Gasteiger partial charge in [0.05, 0.1) is 34.9 Å². The highest BCUT2D eigenvalue weighted by Crippen LogP contribution is 2.38. The molecule has 0 spiro atoms. The lowest BCUT2D eigenvalue weighted by Crippen LogP contribution is -2.02. The number of hydrogen-bond donors (Lipinski definition) is 1. The Morgan fingerprint density at radius 2 is 1.76 bits per heavy atom. The molecule has 0 unspecified atom stereocenters. The van der Waals surface area contributed by atoms with E-state index < -0.39 is 0 Å². The van der Waals surface area contributed by atoms with Gasteiger partial charge in [0.2, 0.25) is 10.9 Å². The van der Waals surface area contributed by atoms with E-state index in [1.165, 1.54) is 18.4 Å². The zero-order chi connectivity index (χ0) is 18.2. The molecule has 0 aliphatic heterocycles. The molecule has 1 N–H and O–H groups in total. The van der Waals surface area contributed by atoms with Crippen LogP contribution in [-0.2, 0) is 22.5 Å². The highest BCUT2D eigenvalue weighted by molar-refractivity contribution is 7.15. The number of nitrogens with zero attached hydrogens (tertiary/aromatic N) is 2. The maximum atomic E-state index is 11.2. The van der Waals surface area contributed by atoms with Gasteiger partial charge in [-0.1, -0.05) is 11.3 Å². The summed E-state index contributed by atoms with van der Waals surface area (Å²) < 4.78 is 20.6. The molecule has 25 heavy (non-hydrogen) atoms. The van der Waals surface area contributed by atoms with Crippen molar-refractivity contribution in [3.8, 4) is 17.2 Å². The van der Waals surface area contributed by atoms with E-state index in [9.17, 15) is 4.79 Å². The fourth-order valence-corrected chi connectivity index (χ4v) is 2.89. The van der Waals surface area contributed by atoms with Crippen LogP contribution in [0.4, 0.5) is 5.13 Å². The molecule has 0 bridgehead atoms. The van der Waals surface area contributed by atoms with Crippen LogP contribution in [0.5, 0.6) is 17.2 Å². The summed E-state index contributed by atoms with van der Waals surface area (Å²) in [6.07, 6.45) is 0.800. The van der Waals surface area contributed by atoms with Crippen molar-refractivity contribution in [1.82, 2.24) is 10.2 Å². The molecule has 1 aromatic carbocycles. The standard InChI is InChI=1S/C16H21N3O5S/c1-21-11-7-10(8-12(22-2)15(11)24-4)9-17-16-19-18-13(25-16)5-6-14(20)23-3/h7-8H,5-6,9H2,1-4H3,(H,17,19). The highest BCUT2D eigenvalue weighted by Gasteiger charge is 2.13. The molecule has 1 aromatic heterocycles. The van der Waals surface area contributed by atoms with Crippen molar-refractivity contribution in [2.24, 2.45) is 0 Å². The number of carbonyl (C=O) groups excluding carboxylic acids is 1. The van der Waals surface area contributed by atoms with E-state index in [2.05, 4.69) is 20.3 Å². The van der Waals surface area contributed by atoms with Gasteiger partial charge in [-0.25, -0.2) is 0 Å². The van der Waals surface area contributed by atoms with Crippen LogP contribution in [0.15, 0.2) is 12.1 Å². The Hall–Kier alpha value is -2.55. The molecule has 2 rings (SSSR count). The summed E-state index contributed by atoms with van der Waals surface area (Å²) in [6.45, 7) is 0.516. The van der Waals surface area contributed by atoms with Gasteiger partial charge in [-0.05, 0) is 17.7 Å². The molecular weight excluding hydrogens is 346 g/mol. The minimum atomic E-state index is -0.262. The fraction of sp³-hybridized carbons (Fsp3) is 0.438. The fourth-order valence-electron chi connectivity index (χ4n) is 2.15. The smallest absolute Gasteiger partial charge is 0.305 e. The first-order chi connectivity index (χ1) is 12.1. The maximum Gasteiger partial charge on any atom is 0.305 e. The van der Waals surface area contributed by atoms with E-state index in [-0.39, 0.29) is 12.4 Å². The summed E-state index contributed by atoms with van der Waals surface area (Å²) in [5, 5.41) is 12.8. The highest BCUT2D eigenvalue weighted by atomic mass is 32.1. The van der Waals surface area contributed by atoms with E-state index in [1.807, 2.05) is 12.1 Å². The normalized spacial score (nSPS) is 10.2. The van der Waals surface area contributed by atoms with Gasteiger partial charge in [-0.15, -0.1) is 10.2 Å². The third-order valence-corrected chi connectivity index (χ3v) is 4.35. The van der Waals surface area contributed by atoms with Crippen LogP contribution in [0.2, 0.25) is 0 Å². The Morgan fingerprint density at radius 3 is 2.32 bits per heavy atom. The quantitative estimate of drug-likeness (QED) is 0.675. The van der Waals surface area contributed by atoms with Crippen LogP contribution in [0.25, 0.3) is 0 Å². The van der Waals surface area contributed by atoms with E-state index in [4.69, 9.17) is 14.2 Å². The predicted molar refractivity (Wildman–Crippen MR) is 93.7 cm³/mol. The number of rotatable bonds is 9. The van der Waals surface area contributed by atoms with E-state index in [0.29, 0.717) is 35.3 Å². The van der Waals surface area contributed by atoms with Gasteiger partial charge in [-0.3, -0.25) is 4.79 Å². The minimum absolute atomic E-state index is 0.262. The van der Waals surface area contributed by atoms with Crippen molar-refractivity contribution in [2.75, 3.05) is 33.8 Å².